The molecule has 0 radical (unpaired) electrons. The topological polar surface area (TPSA) is 35.5 Å². The van der Waals surface area contributed by atoms with Crippen molar-refractivity contribution in [2.24, 2.45) is 0 Å². The van der Waals surface area contributed by atoms with Crippen LogP contribution < -0.4 is 10.2 Å². The predicted octanol–water partition coefficient (Wildman–Crippen LogP) is 2.39. The summed E-state index contributed by atoms with van der Waals surface area (Å²) >= 11 is 3.53. The molecule has 2 N–H and O–H groups in total. The van der Waals surface area contributed by atoms with E-state index >= 15 is 0 Å². The van der Waals surface area contributed by atoms with E-state index in [1.54, 1.807) is 0 Å². The summed E-state index contributed by atoms with van der Waals surface area (Å²) in [6, 6.07) is 9.34. The lowest BCUT2D eigenvalue weighted by Gasteiger charge is -2.31. The molecule has 1 heterocycles. The second kappa shape index (κ2) is 6.55. The first-order chi connectivity index (χ1) is 8.70. The van der Waals surface area contributed by atoms with Gasteiger partial charge in [0.25, 0.3) is 0 Å². The average Bonchev–Trinajstić information content (AvgIpc) is 2.52. The van der Waals surface area contributed by atoms with Crippen LogP contribution in [0.2, 0.25) is 0 Å². The van der Waals surface area contributed by atoms with Gasteiger partial charge in [-0.15, -0.1) is 0 Å². The molecule has 2 atom stereocenters. The van der Waals surface area contributed by atoms with Crippen molar-refractivity contribution in [2.75, 3.05) is 24.6 Å². The van der Waals surface area contributed by atoms with Gasteiger partial charge in [0.05, 0.1) is 0 Å². The fourth-order valence-corrected chi connectivity index (χ4v) is 2.89. The Kier molecular flexibility index (Phi) is 5.03. The molecule has 0 aromatic heterocycles. The van der Waals surface area contributed by atoms with Gasteiger partial charge in [0, 0.05) is 35.4 Å². The molecule has 0 aliphatic carbocycles. The molecule has 18 heavy (non-hydrogen) atoms. The first-order valence-electron chi connectivity index (χ1n) is 6.57. The van der Waals surface area contributed by atoms with E-state index in [2.05, 4.69) is 57.3 Å². The first-order valence-corrected chi connectivity index (χ1v) is 7.36. The predicted molar refractivity (Wildman–Crippen MR) is 79.1 cm³/mol. The quantitative estimate of drug-likeness (QED) is 0.899. The molecule has 0 saturated carbocycles. The number of rotatable bonds is 3. The molecule has 1 aromatic rings. The van der Waals surface area contributed by atoms with Gasteiger partial charge in [-0.05, 0) is 44.5 Å². The van der Waals surface area contributed by atoms with E-state index in [4.69, 9.17) is 5.11 Å². The van der Waals surface area contributed by atoms with Gasteiger partial charge in [-0.1, -0.05) is 22.0 Å². The highest BCUT2D eigenvalue weighted by Crippen LogP contribution is 2.24. The van der Waals surface area contributed by atoms with Gasteiger partial charge in [-0.3, -0.25) is 0 Å². The van der Waals surface area contributed by atoms with E-state index in [9.17, 15) is 0 Å². The number of halogens is 1. The maximum absolute atomic E-state index is 9.11. The third-order valence-electron chi connectivity index (χ3n) is 3.56. The Bertz CT molecular complexity index is 386. The van der Waals surface area contributed by atoms with Gasteiger partial charge >= 0.3 is 0 Å². The Morgan fingerprint density at radius 2 is 2.33 bits per heavy atom. The average molecular weight is 313 g/mol. The zero-order valence-electron chi connectivity index (χ0n) is 10.8. The van der Waals surface area contributed by atoms with E-state index in [1.807, 2.05) is 0 Å². The zero-order chi connectivity index (χ0) is 13.0. The smallest absolute Gasteiger partial charge is 0.0446 e. The van der Waals surface area contributed by atoms with Crippen LogP contribution in [0.1, 0.15) is 19.8 Å². The number of hydrogen-bond donors (Lipinski definition) is 2. The molecule has 0 spiro atoms. The highest BCUT2D eigenvalue weighted by Gasteiger charge is 2.22. The van der Waals surface area contributed by atoms with Gasteiger partial charge in [0.2, 0.25) is 0 Å². The van der Waals surface area contributed by atoms with Crippen molar-refractivity contribution in [2.45, 2.75) is 31.8 Å². The van der Waals surface area contributed by atoms with Gasteiger partial charge in [0.15, 0.2) is 0 Å². The van der Waals surface area contributed by atoms with Crippen molar-refractivity contribution in [3.05, 3.63) is 28.7 Å². The fraction of sp³-hybridized carbons (Fsp3) is 0.571. The summed E-state index contributed by atoms with van der Waals surface area (Å²) in [4.78, 5) is 2.44. The summed E-state index contributed by atoms with van der Waals surface area (Å²) in [7, 11) is 0. The SMILES string of the molecule is CC1CCNC(CCO)CN1c1cccc(Br)c1. The third kappa shape index (κ3) is 3.46. The summed E-state index contributed by atoms with van der Waals surface area (Å²) in [5.41, 5.74) is 1.25. The molecule has 1 aliphatic heterocycles. The Labute approximate surface area is 117 Å². The van der Waals surface area contributed by atoms with Crippen LogP contribution in [0.4, 0.5) is 5.69 Å². The maximum Gasteiger partial charge on any atom is 0.0446 e. The van der Waals surface area contributed by atoms with Crippen LogP contribution in [0.15, 0.2) is 28.7 Å². The second-order valence-electron chi connectivity index (χ2n) is 4.93. The summed E-state index contributed by atoms with van der Waals surface area (Å²) in [6.07, 6.45) is 1.95. The third-order valence-corrected chi connectivity index (χ3v) is 4.05. The number of hydrogen-bond acceptors (Lipinski definition) is 3. The lowest BCUT2D eigenvalue weighted by Crippen LogP contribution is -2.40. The molecule has 1 aromatic carbocycles. The van der Waals surface area contributed by atoms with Crippen LogP contribution in [0.25, 0.3) is 0 Å². The number of nitrogens with zero attached hydrogens (tertiary/aromatic N) is 1. The van der Waals surface area contributed by atoms with Crippen LogP contribution in [-0.2, 0) is 0 Å². The monoisotopic (exact) mass is 312 g/mol. The van der Waals surface area contributed by atoms with Gasteiger partial charge in [-0.25, -0.2) is 0 Å². The van der Waals surface area contributed by atoms with Crippen molar-refractivity contribution in [1.29, 1.82) is 0 Å². The van der Waals surface area contributed by atoms with Gasteiger partial charge in [0.1, 0.15) is 0 Å². The number of aliphatic hydroxyl groups excluding tert-OH is 1. The normalized spacial score (nSPS) is 24.9. The molecule has 2 rings (SSSR count). The molecule has 100 valence electrons. The lowest BCUT2D eigenvalue weighted by molar-refractivity contribution is 0.267. The summed E-state index contributed by atoms with van der Waals surface area (Å²) in [5, 5.41) is 12.6. The zero-order valence-corrected chi connectivity index (χ0v) is 12.4. The molecule has 2 unspecified atom stereocenters. The van der Waals surface area contributed by atoms with Gasteiger partial charge in [-0.2, -0.15) is 0 Å². The van der Waals surface area contributed by atoms with Gasteiger partial charge < -0.3 is 15.3 Å². The summed E-state index contributed by atoms with van der Waals surface area (Å²) in [6.45, 7) is 4.50. The van der Waals surface area contributed by atoms with Crippen molar-refractivity contribution >= 4 is 21.6 Å². The molecular formula is C14H21BrN2O. The molecule has 1 aliphatic rings. The first kappa shape index (κ1) is 13.8. The maximum atomic E-state index is 9.11. The van der Waals surface area contributed by atoms with E-state index < -0.39 is 0 Å². The highest BCUT2D eigenvalue weighted by atomic mass is 79.9. The fourth-order valence-electron chi connectivity index (χ4n) is 2.50. The Hall–Kier alpha value is -0.580. The largest absolute Gasteiger partial charge is 0.396 e. The number of aliphatic hydroxyl groups is 1. The van der Waals surface area contributed by atoms with Crippen LogP contribution in [0, 0.1) is 0 Å². The lowest BCUT2D eigenvalue weighted by atomic mass is 10.1. The number of benzene rings is 1. The standard InChI is InChI=1S/C14H21BrN2O/c1-11-5-7-16-13(6-8-18)10-17(11)14-4-2-3-12(15)9-14/h2-4,9,11,13,16,18H,5-8,10H2,1H3. The molecule has 1 saturated heterocycles. The van der Waals surface area contributed by atoms with E-state index in [0.29, 0.717) is 12.1 Å². The van der Waals surface area contributed by atoms with Crippen molar-refractivity contribution < 1.29 is 5.11 Å². The highest BCUT2D eigenvalue weighted by molar-refractivity contribution is 9.10. The molecule has 4 heteroatoms. The Balaban J connectivity index is 2.16. The Morgan fingerprint density at radius 1 is 1.50 bits per heavy atom. The van der Waals surface area contributed by atoms with Crippen LogP contribution in [-0.4, -0.2) is 36.9 Å². The second-order valence-corrected chi connectivity index (χ2v) is 5.85. The summed E-state index contributed by atoms with van der Waals surface area (Å²) in [5.74, 6) is 0. The van der Waals surface area contributed by atoms with Crippen molar-refractivity contribution in [3.8, 4) is 0 Å². The minimum Gasteiger partial charge on any atom is -0.396 e. The number of nitrogens with one attached hydrogen (secondary N) is 1. The van der Waals surface area contributed by atoms with E-state index in [1.165, 1.54) is 5.69 Å². The Morgan fingerprint density at radius 3 is 3.06 bits per heavy atom. The minimum atomic E-state index is 0.248. The van der Waals surface area contributed by atoms with Crippen molar-refractivity contribution in [1.82, 2.24) is 5.32 Å². The van der Waals surface area contributed by atoms with E-state index in [-0.39, 0.29) is 6.61 Å². The molecule has 0 amide bonds. The van der Waals surface area contributed by atoms with Crippen LogP contribution in [0.5, 0.6) is 0 Å². The number of anilines is 1. The minimum absolute atomic E-state index is 0.248. The van der Waals surface area contributed by atoms with E-state index in [0.717, 1.165) is 30.4 Å². The molecule has 0 bridgehead atoms. The molecular weight excluding hydrogens is 292 g/mol. The van der Waals surface area contributed by atoms with Crippen LogP contribution in [0.3, 0.4) is 0 Å². The molecule has 1 fully saturated rings. The molecule has 3 nitrogen and oxygen atoms in total. The summed E-state index contributed by atoms with van der Waals surface area (Å²) < 4.78 is 1.11. The van der Waals surface area contributed by atoms with Crippen molar-refractivity contribution in [3.63, 3.8) is 0 Å². The van der Waals surface area contributed by atoms with Crippen LogP contribution >= 0.6 is 15.9 Å².